The monoisotopic (exact) mass is 240 g/mol. The van der Waals surface area contributed by atoms with E-state index < -0.39 is 0 Å². The van der Waals surface area contributed by atoms with E-state index in [4.69, 9.17) is 9.26 Å². The molecule has 1 saturated heterocycles. The minimum Gasteiger partial charge on any atom is -0.372 e. The van der Waals surface area contributed by atoms with E-state index in [1.54, 1.807) is 13.0 Å². The van der Waals surface area contributed by atoms with Crippen LogP contribution in [0.1, 0.15) is 18.6 Å². The summed E-state index contributed by atoms with van der Waals surface area (Å²) in [4.78, 5) is 11.5. The first-order chi connectivity index (χ1) is 8.24. The molecule has 0 saturated carbocycles. The summed E-state index contributed by atoms with van der Waals surface area (Å²) in [7, 11) is 0. The number of aryl methyl sites for hydroxylation is 1. The Balaban J connectivity index is 1.63. The van der Waals surface area contributed by atoms with Crippen LogP contribution in [0.4, 0.5) is 5.82 Å². The van der Waals surface area contributed by atoms with Crippen molar-refractivity contribution in [2.75, 3.05) is 25.0 Å². The lowest BCUT2D eigenvalue weighted by Gasteiger charge is -2.07. The third kappa shape index (κ3) is 3.83. The Labute approximate surface area is 99.7 Å². The molecule has 6 nitrogen and oxygen atoms in total. The Morgan fingerprint density at radius 3 is 3.24 bits per heavy atom. The van der Waals surface area contributed by atoms with Gasteiger partial charge in [-0.15, -0.1) is 0 Å². The number of hydrogen-bond donors (Lipinski definition) is 2. The zero-order valence-electron chi connectivity index (χ0n) is 9.94. The molecular formula is C11H18N3O3+. The number of nitrogens with one attached hydrogen (secondary N) is 1. The van der Waals surface area contributed by atoms with Crippen molar-refractivity contribution < 1.29 is 19.4 Å². The number of aromatic nitrogens is 1. The van der Waals surface area contributed by atoms with Crippen LogP contribution in [0.3, 0.4) is 0 Å². The Morgan fingerprint density at radius 2 is 2.59 bits per heavy atom. The molecule has 1 aromatic rings. The predicted molar refractivity (Wildman–Crippen MR) is 60.5 cm³/mol. The number of nitrogens with two attached hydrogens (primary N) is 1. The van der Waals surface area contributed by atoms with Crippen LogP contribution in [-0.2, 0) is 9.53 Å². The highest BCUT2D eigenvalue weighted by Crippen LogP contribution is 2.09. The summed E-state index contributed by atoms with van der Waals surface area (Å²) >= 11 is 0. The van der Waals surface area contributed by atoms with E-state index in [0.717, 1.165) is 26.0 Å². The molecule has 0 unspecified atom stereocenters. The highest BCUT2D eigenvalue weighted by molar-refractivity contribution is 5.90. The molecule has 0 spiro atoms. The minimum atomic E-state index is -0.0729. The molecule has 94 valence electrons. The molecule has 17 heavy (non-hydrogen) atoms. The second-order valence-corrected chi connectivity index (χ2v) is 4.23. The Kier molecular flexibility index (Phi) is 4.11. The third-order valence-electron chi connectivity index (χ3n) is 2.68. The SMILES string of the molecule is Cc1cc(NC(=O)C[NH2+]C[C@@H]2CCCO2)no1. The zero-order chi connectivity index (χ0) is 12.1. The van der Waals surface area contributed by atoms with Gasteiger partial charge in [0.05, 0.1) is 0 Å². The van der Waals surface area contributed by atoms with Crippen LogP contribution in [0.25, 0.3) is 0 Å². The number of anilines is 1. The first-order valence-corrected chi connectivity index (χ1v) is 5.90. The average molecular weight is 240 g/mol. The Hall–Kier alpha value is -1.40. The second kappa shape index (κ2) is 5.79. The molecule has 1 aromatic heterocycles. The van der Waals surface area contributed by atoms with E-state index in [9.17, 15) is 4.79 Å². The molecule has 0 aromatic carbocycles. The van der Waals surface area contributed by atoms with Crippen LogP contribution < -0.4 is 10.6 Å². The molecule has 2 heterocycles. The van der Waals surface area contributed by atoms with Crippen molar-refractivity contribution in [3.05, 3.63) is 11.8 Å². The molecule has 3 N–H and O–H groups in total. The lowest BCUT2D eigenvalue weighted by Crippen LogP contribution is -2.88. The largest absolute Gasteiger partial charge is 0.372 e. The normalized spacial score (nSPS) is 19.5. The lowest BCUT2D eigenvalue weighted by molar-refractivity contribution is -0.649. The summed E-state index contributed by atoms with van der Waals surface area (Å²) < 4.78 is 10.3. The van der Waals surface area contributed by atoms with Gasteiger partial charge in [-0.2, -0.15) is 0 Å². The van der Waals surface area contributed by atoms with Gasteiger partial charge in [0.1, 0.15) is 18.4 Å². The van der Waals surface area contributed by atoms with E-state index in [1.165, 1.54) is 0 Å². The smallest absolute Gasteiger partial charge is 0.280 e. The molecule has 1 fully saturated rings. The van der Waals surface area contributed by atoms with Gasteiger partial charge >= 0.3 is 0 Å². The molecule has 1 atom stereocenters. The number of hydrogen-bond acceptors (Lipinski definition) is 4. The maximum absolute atomic E-state index is 11.5. The van der Waals surface area contributed by atoms with Crippen molar-refractivity contribution in [2.24, 2.45) is 0 Å². The number of ether oxygens (including phenoxy) is 1. The quantitative estimate of drug-likeness (QED) is 0.738. The number of nitrogens with zero attached hydrogens (tertiary/aromatic N) is 1. The minimum absolute atomic E-state index is 0.0729. The van der Waals surface area contributed by atoms with Crippen LogP contribution in [0.2, 0.25) is 0 Å². The Morgan fingerprint density at radius 1 is 1.71 bits per heavy atom. The molecule has 1 amide bonds. The van der Waals surface area contributed by atoms with Crippen molar-refractivity contribution in [1.82, 2.24) is 5.16 Å². The number of quaternary nitrogens is 1. The summed E-state index contributed by atoms with van der Waals surface area (Å²) in [5.41, 5.74) is 0. The molecule has 1 aliphatic heterocycles. The third-order valence-corrected chi connectivity index (χ3v) is 2.68. The molecule has 0 bridgehead atoms. The summed E-state index contributed by atoms with van der Waals surface area (Å²) in [5.74, 6) is 1.08. The number of rotatable bonds is 5. The van der Waals surface area contributed by atoms with Crippen LogP contribution in [0.15, 0.2) is 10.6 Å². The number of carbonyl (C=O) groups is 1. The number of carbonyl (C=O) groups excluding carboxylic acids is 1. The highest BCUT2D eigenvalue weighted by Gasteiger charge is 2.17. The van der Waals surface area contributed by atoms with Crippen molar-refractivity contribution in [3.63, 3.8) is 0 Å². The van der Waals surface area contributed by atoms with Gasteiger partial charge in [-0.25, -0.2) is 0 Å². The van der Waals surface area contributed by atoms with E-state index >= 15 is 0 Å². The summed E-state index contributed by atoms with van der Waals surface area (Å²) in [6, 6.07) is 1.69. The second-order valence-electron chi connectivity index (χ2n) is 4.23. The van der Waals surface area contributed by atoms with Gasteiger partial charge in [-0.05, 0) is 19.8 Å². The fraction of sp³-hybridized carbons (Fsp3) is 0.636. The summed E-state index contributed by atoms with van der Waals surface area (Å²) in [6.07, 6.45) is 2.53. The number of amides is 1. The summed E-state index contributed by atoms with van der Waals surface area (Å²) in [6.45, 7) is 3.85. The molecule has 2 rings (SSSR count). The molecular weight excluding hydrogens is 222 g/mol. The van der Waals surface area contributed by atoms with Crippen LogP contribution in [-0.4, -0.2) is 36.9 Å². The fourth-order valence-electron chi connectivity index (χ4n) is 1.85. The standard InChI is InChI=1S/C11H17N3O3/c1-8-5-10(14-17-8)13-11(15)7-12-6-9-3-2-4-16-9/h5,9,12H,2-4,6-7H2,1H3,(H,13,14,15)/p+1/t9-/m0/s1. The average Bonchev–Trinajstić information content (AvgIpc) is 2.90. The van der Waals surface area contributed by atoms with Gasteiger partial charge in [-0.1, -0.05) is 5.16 Å². The van der Waals surface area contributed by atoms with Gasteiger partial charge < -0.3 is 19.9 Å². The lowest BCUT2D eigenvalue weighted by atomic mass is 10.2. The highest BCUT2D eigenvalue weighted by atomic mass is 16.5. The molecule has 6 heteroatoms. The van der Waals surface area contributed by atoms with Crippen molar-refractivity contribution in [3.8, 4) is 0 Å². The van der Waals surface area contributed by atoms with Gasteiger partial charge in [0.2, 0.25) is 0 Å². The molecule has 1 aliphatic rings. The Bertz CT molecular complexity index is 372. The van der Waals surface area contributed by atoms with Crippen molar-refractivity contribution in [2.45, 2.75) is 25.9 Å². The van der Waals surface area contributed by atoms with Crippen LogP contribution in [0.5, 0.6) is 0 Å². The van der Waals surface area contributed by atoms with Crippen LogP contribution in [0, 0.1) is 6.92 Å². The van der Waals surface area contributed by atoms with E-state index in [1.807, 2.05) is 5.32 Å². The fourth-order valence-corrected chi connectivity index (χ4v) is 1.85. The molecule has 0 radical (unpaired) electrons. The zero-order valence-corrected chi connectivity index (χ0v) is 9.94. The van der Waals surface area contributed by atoms with E-state index in [2.05, 4.69) is 10.5 Å². The van der Waals surface area contributed by atoms with E-state index in [0.29, 0.717) is 24.2 Å². The van der Waals surface area contributed by atoms with Crippen molar-refractivity contribution in [1.29, 1.82) is 0 Å². The topological polar surface area (TPSA) is 81.0 Å². The van der Waals surface area contributed by atoms with Gasteiger partial charge in [0.15, 0.2) is 12.4 Å². The van der Waals surface area contributed by atoms with Crippen molar-refractivity contribution >= 4 is 11.7 Å². The molecule has 0 aliphatic carbocycles. The van der Waals surface area contributed by atoms with Gasteiger partial charge in [-0.3, -0.25) is 4.79 Å². The first-order valence-electron chi connectivity index (χ1n) is 5.90. The van der Waals surface area contributed by atoms with Gasteiger partial charge in [0, 0.05) is 12.7 Å². The van der Waals surface area contributed by atoms with E-state index in [-0.39, 0.29) is 5.91 Å². The maximum Gasteiger partial charge on any atom is 0.280 e. The van der Waals surface area contributed by atoms with Gasteiger partial charge in [0.25, 0.3) is 5.91 Å². The summed E-state index contributed by atoms with van der Waals surface area (Å²) in [5, 5.41) is 8.32. The first kappa shape index (κ1) is 12.1. The van der Waals surface area contributed by atoms with Crippen LogP contribution >= 0.6 is 0 Å². The predicted octanol–water partition coefficient (Wildman–Crippen LogP) is -0.336. The maximum atomic E-state index is 11.5.